The molecule has 7 nitrogen and oxygen atoms in total. The second-order valence-corrected chi connectivity index (χ2v) is 6.66. The van der Waals surface area contributed by atoms with Gasteiger partial charge in [0.15, 0.2) is 5.65 Å². The zero-order chi connectivity index (χ0) is 17.4. The number of fused-ring (bicyclic) bond motifs is 1. The molecule has 1 saturated heterocycles. The van der Waals surface area contributed by atoms with E-state index < -0.39 is 11.9 Å². The third-order valence-corrected chi connectivity index (χ3v) is 4.47. The Hall–Kier alpha value is -2.44. The van der Waals surface area contributed by atoms with Crippen molar-refractivity contribution in [3.05, 3.63) is 23.5 Å². The summed E-state index contributed by atoms with van der Waals surface area (Å²) in [5.74, 6) is -1.46. The third kappa shape index (κ3) is 2.86. The summed E-state index contributed by atoms with van der Waals surface area (Å²) in [6, 6.07) is 1.91. The Morgan fingerprint density at radius 1 is 1.38 bits per heavy atom. The number of nitrogens with zero attached hydrogens (tertiary/aromatic N) is 4. The normalized spacial score (nSPS) is 18.3. The Kier molecular flexibility index (Phi) is 4.26. The van der Waals surface area contributed by atoms with E-state index in [1.54, 1.807) is 21.8 Å². The van der Waals surface area contributed by atoms with E-state index in [0.29, 0.717) is 30.6 Å². The van der Waals surface area contributed by atoms with Gasteiger partial charge in [-0.3, -0.25) is 9.59 Å². The predicted molar refractivity (Wildman–Crippen MR) is 88.9 cm³/mol. The number of aryl methyl sites for hydroxylation is 1. The SMILES string of the molecule is Cc1cc(C(=O)N2CCC[C@H](C(=O)O)C2)c2cnn(C(C)C)c2n1. The smallest absolute Gasteiger partial charge is 0.308 e. The molecule has 128 valence electrons. The van der Waals surface area contributed by atoms with Crippen LogP contribution in [0.5, 0.6) is 0 Å². The molecule has 3 rings (SSSR count). The van der Waals surface area contributed by atoms with Crippen LogP contribution in [-0.2, 0) is 4.79 Å². The number of pyridine rings is 1. The van der Waals surface area contributed by atoms with Gasteiger partial charge in [-0.05, 0) is 39.7 Å². The maximum atomic E-state index is 13.0. The highest BCUT2D eigenvalue weighted by Crippen LogP contribution is 2.24. The van der Waals surface area contributed by atoms with Crippen LogP contribution in [0.3, 0.4) is 0 Å². The standard InChI is InChI=1S/C17H22N4O3/c1-10(2)21-15-14(8-18-21)13(7-11(3)19-15)16(22)20-6-4-5-12(9-20)17(23)24/h7-8,10,12H,4-6,9H2,1-3H3,(H,23,24)/t12-/m0/s1. The number of carboxylic acids is 1. The minimum atomic E-state index is -0.837. The Balaban J connectivity index is 1.99. The molecule has 24 heavy (non-hydrogen) atoms. The van der Waals surface area contributed by atoms with E-state index in [1.807, 2.05) is 20.8 Å². The monoisotopic (exact) mass is 330 g/mol. The van der Waals surface area contributed by atoms with Gasteiger partial charge in [-0.1, -0.05) is 0 Å². The molecular formula is C17H22N4O3. The molecule has 0 aromatic carbocycles. The number of aromatic nitrogens is 3. The summed E-state index contributed by atoms with van der Waals surface area (Å²) in [4.78, 5) is 30.4. The molecule has 1 fully saturated rings. The fraction of sp³-hybridized carbons (Fsp3) is 0.529. The van der Waals surface area contributed by atoms with E-state index in [1.165, 1.54) is 0 Å². The number of amides is 1. The van der Waals surface area contributed by atoms with Crippen LogP contribution in [0.25, 0.3) is 11.0 Å². The van der Waals surface area contributed by atoms with Crippen molar-refractivity contribution in [2.45, 2.75) is 39.7 Å². The first kappa shape index (κ1) is 16.4. The molecule has 1 aliphatic heterocycles. The van der Waals surface area contributed by atoms with E-state index in [2.05, 4.69) is 10.1 Å². The molecule has 1 amide bonds. The second kappa shape index (κ2) is 6.22. The number of carboxylic acid groups (broad SMARTS) is 1. The quantitative estimate of drug-likeness (QED) is 0.932. The number of aliphatic carboxylic acids is 1. The van der Waals surface area contributed by atoms with Crippen LogP contribution in [0.2, 0.25) is 0 Å². The lowest BCUT2D eigenvalue weighted by Crippen LogP contribution is -2.42. The molecule has 0 bridgehead atoms. The lowest BCUT2D eigenvalue weighted by molar-refractivity contribution is -0.143. The highest BCUT2D eigenvalue weighted by Gasteiger charge is 2.30. The first-order valence-corrected chi connectivity index (χ1v) is 8.25. The summed E-state index contributed by atoms with van der Waals surface area (Å²) in [6.07, 6.45) is 3.00. The van der Waals surface area contributed by atoms with E-state index in [-0.39, 0.29) is 18.5 Å². The number of piperidine rings is 1. The van der Waals surface area contributed by atoms with Crippen molar-refractivity contribution in [2.75, 3.05) is 13.1 Å². The maximum Gasteiger partial charge on any atom is 0.308 e. The number of carbonyl (C=O) groups excluding carboxylic acids is 1. The molecule has 0 radical (unpaired) electrons. The third-order valence-electron chi connectivity index (χ3n) is 4.47. The van der Waals surface area contributed by atoms with Crippen LogP contribution in [0.1, 0.15) is 48.8 Å². The number of carbonyl (C=O) groups is 2. The van der Waals surface area contributed by atoms with Crippen LogP contribution in [0.15, 0.2) is 12.3 Å². The summed E-state index contributed by atoms with van der Waals surface area (Å²) in [6.45, 7) is 6.73. The number of hydrogen-bond donors (Lipinski definition) is 1. The van der Waals surface area contributed by atoms with Crippen molar-refractivity contribution in [1.82, 2.24) is 19.7 Å². The molecule has 7 heteroatoms. The molecule has 1 aliphatic rings. The van der Waals surface area contributed by atoms with E-state index in [4.69, 9.17) is 0 Å². The number of hydrogen-bond acceptors (Lipinski definition) is 4. The molecule has 0 unspecified atom stereocenters. The number of rotatable bonds is 3. The first-order valence-electron chi connectivity index (χ1n) is 8.25. The Bertz CT molecular complexity index is 796. The lowest BCUT2D eigenvalue weighted by atomic mass is 9.97. The van der Waals surface area contributed by atoms with Gasteiger partial charge >= 0.3 is 5.97 Å². The van der Waals surface area contributed by atoms with Crippen molar-refractivity contribution in [3.63, 3.8) is 0 Å². The lowest BCUT2D eigenvalue weighted by Gasteiger charge is -2.31. The molecule has 1 N–H and O–H groups in total. The minimum Gasteiger partial charge on any atom is -0.481 e. The summed E-state index contributed by atoms with van der Waals surface area (Å²) in [7, 11) is 0. The van der Waals surface area contributed by atoms with Crippen molar-refractivity contribution < 1.29 is 14.7 Å². The van der Waals surface area contributed by atoms with Gasteiger partial charge in [0.1, 0.15) is 0 Å². The second-order valence-electron chi connectivity index (χ2n) is 6.66. The Morgan fingerprint density at radius 2 is 2.12 bits per heavy atom. The molecule has 2 aromatic rings. The van der Waals surface area contributed by atoms with E-state index in [0.717, 1.165) is 11.1 Å². The molecule has 0 spiro atoms. The summed E-state index contributed by atoms with van der Waals surface area (Å²) in [5.41, 5.74) is 2.00. The summed E-state index contributed by atoms with van der Waals surface area (Å²) >= 11 is 0. The van der Waals surface area contributed by atoms with Gasteiger partial charge in [-0.15, -0.1) is 0 Å². The molecule has 0 saturated carbocycles. The summed E-state index contributed by atoms with van der Waals surface area (Å²) in [5, 5.41) is 14.3. The maximum absolute atomic E-state index is 13.0. The highest BCUT2D eigenvalue weighted by atomic mass is 16.4. The van der Waals surface area contributed by atoms with Crippen LogP contribution < -0.4 is 0 Å². The predicted octanol–water partition coefficient (Wildman–Crippen LogP) is 2.26. The van der Waals surface area contributed by atoms with Crippen molar-refractivity contribution in [3.8, 4) is 0 Å². The van der Waals surface area contributed by atoms with Gasteiger partial charge in [0, 0.05) is 24.8 Å². The van der Waals surface area contributed by atoms with E-state index in [9.17, 15) is 14.7 Å². The molecule has 2 aromatic heterocycles. The van der Waals surface area contributed by atoms with Gasteiger partial charge in [0.2, 0.25) is 0 Å². The Morgan fingerprint density at radius 3 is 2.79 bits per heavy atom. The average Bonchev–Trinajstić information content (AvgIpc) is 2.97. The van der Waals surface area contributed by atoms with Crippen LogP contribution >= 0.6 is 0 Å². The van der Waals surface area contributed by atoms with Crippen LogP contribution in [0.4, 0.5) is 0 Å². The summed E-state index contributed by atoms with van der Waals surface area (Å²) < 4.78 is 1.80. The van der Waals surface area contributed by atoms with Gasteiger partial charge in [0.25, 0.3) is 5.91 Å². The molecule has 0 aliphatic carbocycles. The fourth-order valence-electron chi connectivity index (χ4n) is 3.23. The van der Waals surface area contributed by atoms with E-state index >= 15 is 0 Å². The van der Waals surface area contributed by atoms with Gasteiger partial charge in [-0.2, -0.15) is 5.10 Å². The largest absolute Gasteiger partial charge is 0.481 e. The van der Waals surface area contributed by atoms with Crippen molar-refractivity contribution in [2.24, 2.45) is 5.92 Å². The average molecular weight is 330 g/mol. The molecule has 1 atom stereocenters. The topological polar surface area (TPSA) is 88.3 Å². The highest BCUT2D eigenvalue weighted by molar-refractivity contribution is 6.05. The zero-order valence-electron chi connectivity index (χ0n) is 14.2. The van der Waals surface area contributed by atoms with Gasteiger partial charge in [0.05, 0.1) is 23.1 Å². The number of likely N-dealkylation sites (tertiary alicyclic amines) is 1. The fourth-order valence-corrected chi connectivity index (χ4v) is 3.23. The van der Waals surface area contributed by atoms with Crippen LogP contribution in [-0.4, -0.2) is 49.7 Å². The van der Waals surface area contributed by atoms with Gasteiger partial charge in [-0.25, -0.2) is 9.67 Å². The van der Waals surface area contributed by atoms with Crippen molar-refractivity contribution >= 4 is 22.9 Å². The molecule has 3 heterocycles. The van der Waals surface area contributed by atoms with Gasteiger partial charge < -0.3 is 10.0 Å². The zero-order valence-corrected chi connectivity index (χ0v) is 14.2. The van der Waals surface area contributed by atoms with Crippen molar-refractivity contribution in [1.29, 1.82) is 0 Å². The molecular weight excluding hydrogens is 308 g/mol. The Labute approximate surface area is 140 Å². The van der Waals surface area contributed by atoms with Crippen LogP contribution in [0, 0.1) is 12.8 Å². The minimum absolute atomic E-state index is 0.139. The first-order chi connectivity index (χ1) is 11.4.